The maximum absolute atomic E-state index is 13.5. The zero-order valence-electron chi connectivity index (χ0n) is 15.4. The molecule has 7 heteroatoms. The zero-order chi connectivity index (χ0) is 19.7. The number of para-hydroxylation sites is 2. The number of halogens is 1. The molecular weight excluding hydrogens is 380 g/mol. The summed E-state index contributed by atoms with van der Waals surface area (Å²) in [6, 6.07) is 14.0. The van der Waals surface area contributed by atoms with E-state index in [0.717, 1.165) is 4.90 Å². The number of hydrogen-bond donors (Lipinski definition) is 0. The molecule has 0 bridgehead atoms. The number of benzene rings is 2. The Labute approximate surface area is 167 Å². The first kappa shape index (κ1) is 18.5. The lowest BCUT2D eigenvalue weighted by Crippen LogP contribution is -2.40. The fourth-order valence-electron chi connectivity index (χ4n) is 3.54. The van der Waals surface area contributed by atoms with Crippen LogP contribution in [0.15, 0.2) is 54.2 Å². The number of carbonyl (C=O) groups excluding carboxylic acids is 2. The van der Waals surface area contributed by atoms with Crippen LogP contribution in [0.1, 0.15) is 5.56 Å². The zero-order valence-corrected chi connectivity index (χ0v) is 16.1. The lowest BCUT2D eigenvalue weighted by molar-refractivity contribution is -0.121. The standard InChI is InChI=1S/C21H19ClN2O4/c1-27-17-9-5-2-6-14(17)18-19(23-10-12-28-13-11-23)21(26)24(20(18)25)16-8-4-3-7-15(16)22/h2-9H,10-13H2,1H3. The Morgan fingerprint density at radius 2 is 1.64 bits per heavy atom. The van der Waals surface area contributed by atoms with Crippen molar-refractivity contribution in [1.29, 1.82) is 0 Å². The fraction of sp³-hybridized carbons (Fsp3) is 0.238. The highest BCUT2D eigenvalue weighted by atomic mass is 35.5. The van der Waals surface area contributed by atoms with Crippen molar-refractivity contribution < 1.29 is 19.1 Å². The molecule has 0 aromatic heterocycles. The molecule has 0 N–H and O–H groups in total. The molecule has 0 aliphatic carbocycles. The lowest BCUT2D eigenvalue weighted by atomic mass is 10.0. The van der Waals surface area contributed by atoms with Crippen LogP contribution in [0.25, 0.3) is 5.57 Å². The van der Waals surface area contributed by atoms with Crippen LogP contribution < -0.4 is 9.64 Å². The molecule has 1 saturated heterocycles. The number of amides is 2. The Bertz CT molecular complexity index is 966. The predicted octanol–water partition coefficient (Wildman–Crippen LogP) is 2.97. The van der Waals surface area contributed by atoms with Gasteiger partial charge in [-0.3, -0.25) is 9.59 Å². The minimum Gasteiger partial charge on any atom is -0.496 e. The summed E-state index contributed by atoms with van der Waals surface area (Å²) in [5.41, 5.74) is 1.64. The van der Waals surface area contributed by atoms with Gasteiger partial charge in [0, 0.05) is 18.7 Å². The average molecular weight is 399 g/mol. The van der Waals surface area contributed by atoms with Crippen molar-refractivity contribution in [3.63, 3.8) is 0 Å². The first-order valence-electron chi connectivity index (χ1n) is 8.97. The largest absolute Gasteiger partial charge is 0.496 e. The molecule has 28 heavy (non-hydrogen) atoms. The summed E-state index contributed by atoms with van der Waals surface area (Å²) in [5.74, 6) is -0.268. The average Bonchev–Trinajstić information content (AvgIpc) is 2.99. The molecule has 1 fully saturated rings. The maximum atomic E-state index is 13.5. The Balaban J connectivity index is 1.89. The van der Waals surface area contributed by atoms with Gasteiger partial charge in [-0.25, -0.2) is 4.90 Å². The SMILES string of the molecule is COc1ccccc1C1=C(N2CCOCC2)C(=O)N(c2ccccc2Cl)C1=O. The van der Waals surface area contributed by atoms with Gasteiger partial charge in [-0.2, -0.15) is 0 Å². The molecule has 2 aromatic carbocycles. The number of imide groups is 1. The Kier molecular flexibility index (Phi) is 5.07. The normalized spacial score (nSPS) is 17.5. The first-order chi connectivity index (χ1) is 13.6. The van der Waals surface area contributed by atoms with Crippen LogP contribution in [-0.4, -0.2) is 50.1 Å². The molecule has 0 atom stereocenters. The van der Waals surface area contributed by atoms with E-state index in [9.17, 15) is 9.59 Å². The van der Waals surface area contributed by atoms with Crippen molar-refractivity contribution >= 4 is 34.7 Å². The Morgan fingerprint density at radius 1 is 0.964 bits per heavy atom. The Morgan fingerprint density at radius 3 is 2.36 bits per heavy atom. The molecule has 0 saturated carbocycles. The van der Waals surface area contributed by atoms with E-state index < -0.39 is 5.91 Å². The molecule has 2 aliphatic heterocycles. The molecule has 144 valence electrons. The highest BCUT2D eigenvalue weighted by molar-refractivity contribution is 6.47. The number of methoxy groups -OCH3 is 1. The lowest BCUT2D eigenvalue weighted by Gasteiger charge is -2.29. The second-order valence-corrected chi connectivity index (χ2v) is 6.83. The number of ether oxygens (including phenoxy) is 2. The molecule has 6 nitrogen and oxygen atoms in total. The Hall–Kier alpha value is -2.83. The summed E-state index contributed by atoms with van der Waals surface area (Å²) >= 11 is 6.30. The van der Waals surface area contributed by atoms with Crippen LogP contribution in [-0.2, 0) is 14.3 Å². The molecule has 0 unspecified atom stereocenters. The van der Waals surface area contributed by atoms with Crippen molar-refractivity contribution in [2.45, 2.75) is 0 Å². The van der Waals surface area contributed by atoms with Gasteiger partial charge in [0.15, 0.2) is 0 Å². The molecule has 2 heterocycles. The third-order valence-electron chi connectivity index (χ3n) is 4.86. The van der Waals surface area contributed by atoms with Crippen molar-refractivity contribution in [2.75, 3.05) is 38.3 Å². The monoisotopic (exact) mass is 398 g/mol. The summed E-state index contributed by atoms with van der Waals surface area (Å²) in [7, 11) is 1.54. The van der Waals surface area contributed by atoms with Crippen LogP contribution >= 0.6 is 11.6 Å². The van der Waals surface area contributed by atoms with Crippen LogP contribution in [0.4, 0.5) is 5.69 Å². The van der Waals surface area contributed by atoms with E-state index in [2.05, 4.69) is 0 Å². The van der Waals surface area contributed by atoms with Gasteiger partial charge >= 0.3 is 0 Å². The molecule has 2 amide bonds. The van der Waals surface area contributed by atoms with E-state index in [1.54, 1.807) is 43.5 Å². The third kappa shape index (κ3) is 3.04. The fourth-order valence-corrected chi connectivity index (χ4v) is 3.76. The molecule has 2 aromatic rings. The minimum atomic E-state index is -0.413. The number of rotatable bonds is 4. The molecule has 0 spiro atoms. The van der Waals surface area contributed by atoms with Crippen LogP contribution in [0.5, 0.6) is 5.75 Å². The van der Waals surface area contributed by atoms with Crippen molar-refractivity contribution in [3.05, 3.63) is 64.8 Å². The second-order valence-electron chi connectivity index (χ2n) is 6.42. The number of nitrogens with zero attached hydrogens (tertiary/aromatic N) is 2. The number of carbonyl (C=O) groups is 2. The molecule has 4 rings (SSSR count). The van der Waals surface area contributed by atoms with Crippen LogP contribution in [0.3, 0.4) is 0 Å². The van der Waals surface area contributed by atoms with Gasteiger partial charge < -0.3 is 14.4 Å². The van der Waals surface area contributed by atoms with E-state index in [4.69, 9.17) is 21.1 Å². The van der Waals surface area contributed by atoms with Crippen LogP contribution in [0.2, 0.25) is 5.02 Å². The van der Waals surface area contributed by atoms with E-state index in [1.165, 1.54) is 0 Å². The van der Waals surface area contributed by atoms with Gasteiger partial charge in [0.1, 0.15) is 11.4 Å². The van der Waals surface area contributed by atoms with Crippen molar-refractivity contribution in [3.8, 4) is 5.75 Å². The highest BCUT2D eigenvalue weighted by Crippen LogP contribution is 2.40. The maximum Gasteiger partial charge on any atom is 0.282 e. The third-order valence-corrected chi connectivity index (χ3v) is 5.18. The quantitative estimate of drug-likeness (QED) is 0.741. The summed E-state index contributed by atoms with van der Waals surface area (Å²) in [6.45, 7) is 2.05. The van der Waals surface area contributed by atoms with Crippen LogP contribution in [0, 0.1) is 0 Å². The molecular formula is C21H19ClN2O4. The van der Waals surface area contributed by atoms with E-state index in [0.29, 0.717) is 59.6 Å². The minimum absolute atomic E-state index is 0.323. The highest BCUT2D eigenvalue weighted by Gasteiger charge is 2.44. The van der Waals surface area contributed by atoms with E-state index in [1.807, 2.05) is 17.0 Å². The molecule has 2 aliphatic rings. The van der Waals surface area contributed by atoms with Gasteiger partial charge in [-0.1, -0.05) is 41.9 Å². The number of hydrogen-bond acceptors (Lipinski definition) is 5. The number of morpholine rings is 1. The first-order valence-corrected chi connectivity index (χ1v) is 9.35. The molecule has 0 radical (unpaired) electrons. The summed E-state index contributed by atoms with van der Waals surface area (Å²) in [4.78, 5) is 29.9. The van der Waals surface area contributed by atoms with Gasteiger partial charge in [-0.05, 0) is 18.2 Å². The van der Waals surface area contributed by atoms with Gasteiger partial charge in [0.25, 0.3) is 11.8 Å². The van der Waals surface area contributed by atoms with E-state index in [-0.39, 0.29) is 5.91 Å². The summed E-state index contributed by atoms with van der Waals surface area (Å²) < 4.78 is 10.9. The van der Waals surface area contributed by atoms with Gasteiger partial charge in [-0.15, -0.1) is 0 Å². The van der Waals surface area contributed by atoms with E-state index >= 15 is 0 Å². The summed E-state index contributed by atoms with van der Waals surface area (Å²) in [5, 5.41) is 0.340. The van der Waals surface area contributed by atoms with Crippen molar-refractivity contribution in [1.82, 2.24) is 4.90 Å². The topological polar surface area (TPSA) is 59.1 Å². The predicted molar refractivity (Wildman–Crippen MR) is 106 cm³/mol. The summed E-state index contributed by atoms with van der Waals surface area (Å²) in [6.07, 6.45) is 0. The smallest absolute Gasteiger partial charge is 0.282 e. The number of anilines is 1. The van der Waals surface area contributed by atoms with Crippen molar-refractivity contribution in [2.24, 2.45) is 0 Å². The van der Waals surface area contributed by atoms with Gasteiger partial charge in [0.05, 0.1) is 36.6 Å². The second kappa shape index (κ2) is 7.66. The van der Waals surface area contributed by atoms with Gasteiger partial charge in [0.2, 0.25) is 0 Å².